The molecule has 0 saturated heterocycles. The third kappa shape index (κ3) is 4.00. The predicted octanol–water partition coefficient (Wildman–Crippen LogP) is 4.29. The van der Waals surface area contributed by atoms with Crippen LogP contribution in [0.3, 0.4) is 0 Å². The van der Waals surface area contributed by atoms with Crippen LogP contribution in [0.2, 0.25) is 10.0 Å². The van der Waals surface area contributed by atoms with Gasteiger partial charge in [0.25, 0.3) is 5.91 Å². The van der Waals surface area contributed by atoms with Gasteiger partial charge in [-0.15, -0.1) is 0 Å². The van der Waals surface area contributed by atoms with Gasteiger partial charge in [-0.3, -0.25) is 4.79 Å². The van der Waals surface area contributed by atoms with E-state index in [-0.39, 0.29) is 12.5 Å². The van der Waals surface area contributed by atoms with Gasteiger partial charge in [-0.05, 0) is 23.8 Å². The van der Waals surface area contributed by atoms with Crippen molar-refractivity contribution >= 4 is 46.0 Å². The predicted molar refractivity (Wildman–Crippen MR) is 102 cm³/mol. The maximum atomic E-state index is 12.2. The molecule has 0 fully saturated rings. The maximum Gasteiger partial charge on any atom is 0.340 e. The molecule has 3 rings (SSSR count). The molecule has 3 aromatic rings. The van der Waals surface area contributed by atoms with Gasteiger partial charge >= 0.3 is 5.97 Å². The van der Waals surface area contributed by atoms with Gasteiger partial charge in [-0.25, -0.2) is 4.79 Å². The smallest absolute Gasteiger partial charge is 0.340 e. The van der Waals surface area contributed by atoms with E-state index in [1.807, 2.05) is 24.3 Å². The van der Waals surface area contributed by atoms with Crippen LogP contribution < -0.4 is 0 Å². The van der Waals surface area contributed by atoms with Crippen molar-refractivity contribution in [3.8, 4) is 0 Å². The van der Waals surface area contributed by atoms with Crippen molar-refractivity contribution in [3.05, 3.63) is 69.8 Å². The largest absolute Gasteiger partial charge is 0.452 e. The Hall–Kier alpha value is -2.50. The minimum Gasteiger partial charge on any atom is -0.452 e. The molecule has 0 atom stereocenters. The van der Waals surface area contributed by atoms with Crippen LogP contribution in [0.4, 0.5) is 0 Å². The number of para-hydroxylation sites is 1. The highest BCUT2D eigenvalue weighted by molar-refractivity contribution is 6.42. The van der Waals surface area contributed by atoms with E-state index in [0.717, 1.165) is 16.5 Å². The highest BCUT2D eigenvalue weighted by atomic mass is 35.5. The summed E-state index contributed by atoms with van der Waals surface area (Å²) in [6.07, 6.45) is 1.58. The molecule has 0 bridgehead atoms. The summed E-state index contributed by atoms with van der Waals surface area (Å²) in [7, 11) is 1.63. The molecule has 0 spiro atoms. The Bertz CT molecular complexity index is 968. The number of ether oxygens (including phenoxy) is 1. The van der Waals surface area contributed by atoms with Crippen LogP contribution >= 0.6 is 23.2 Å². The number of H-pyrrole nitrogens is 1. The van der Waals surface area contributed by atoms with Gasteiger partial charge in [-0.1, -0.05) is 47.5 Å². The van der Waals surface area contributed by atoms with Gasteiger partial charge in [0, 0.05) is 30.7 Å². The highest BCUT2D eigenvalue weighted by Crippen LogP contribution is 2.23. The van der Waals surface area contributed by atoms with Crippen molar-refractivity contribution in [2.75, 3.05) is 13.7 Å². The summed E-state index contributed by atoms with van der Waals surface area (Å²) in [5, 5.41) is 1.64. The molecule has 1 amide bonds. The zero-order valence-corrected chi connectivity index (χ0v) is 15.5. The lowest BCUT2D eigenvalue weighted by atomic mass is 10.2. The summed E-state index contributed by atoms with van der Waals surface area (Å²) in [5.74, 6) is -0.858. The number of esters is 1. The van der Waals surface area contributed by atoms with Crippen molar-refractivity contribution < 1.29 is 14.3 Å². The standard InChI is InChI=1S/C19H16Cl2N2O3/c1-23(10-12-6-7-15(20)16(21)8-12)18(24)11-26-19(25)14-9-22-17-5-3-2-4-13(14)17/h2-9,22H,10-11H2,1H3. The number of hydrogen-bond donors (Lipinski definition) is 1. The Morgan fingerprint density at radius 1 is 1.12 bits per heavy atom. The number of carbonyl (C=O) groups excluding carboxylic acids is 2. The summed E-state index contributed by atoms with van der Waals surface area (Å²) in [6.45, 7) is -0.00345. The van der Waals surface area contributed by atoms with Crippen LogP contribution in [0.1, 0.15) is 15.9 Å². The third-order valence-corrected chi connectivity index (χ3v) is 4.70. The first-order valence-electron chi connectivity index (χ1n) is 7.87. The molecule has 134 valence electrons. The van der Waals surface area contributed by atoms with Crippen molar-refractivity contribution in [1.82, 2.24) is 9.88 Å². The Morgan fingerprint density at radius 3 is 2.65 bits per heavy atom. The van der Waals surface area contributed by atoms with Crippen LogP contribution in [0.25, 0.3) is 10.9 Å². The number of rotatable bonds is 5. The molecule has 1 N–H and O–H groups in total. The summed E-state index contributed by atoms with van der Waals surface area (Å²) < 4.78 is 5.16. The molecule has 7 heteroatoms. The lowest BCUT2D eigenvalue weighted by Gasteiger charge is -2.17. The number of aromatic nitrogens is 1. The second-order valence-electron chi connectivity index (χ2n) is 5.82. The van der Waals surface area contributed by atoms with E-state index in [9.17, 15) is 9.59 Å². The number of likely N-dealkylation sites (N-methyl/N-ethyl adjacent to an activating group) is 1. The van der Waals surface area contributed by atoms with Gasteiger partial charge in [0.05, 0.1) is 15.6 Å². The number of benzene rings is 2. The number of halogens is 2. The minimum atomic E-state index is -0.543. The fourth-order valence-corrected chi connectivity index (χ4v) is 2.88. The van der Waals surface area contributed by atoms with Gasteiger partial charge < -0.3 is 14.6 Å². The third-order valence-electron chi connectivity index (χ3n) is 3.97. The topological polar surface area (TPSA) is 62.4 Å². The number of nitrogens with zero attached hydrogens (tertiary/aromatic N) is 1. The molecule has 26 heavy (non-hydrogen) atoms. The Balaban J connectivity index is 1.59. The second kappa shape index (κ2) is 7.81. The molecular weight excluding hydrogens is 375 g/mol. The van der Waals surface area contributed by atoms with Crippen LogP contribution in [-0.4, -0.2) is 35.4 Å². The van der Waals surface area contributed by atoms with Crippen molar-refractivity contribution in [1.29, 1.82) is 0 Å². The molecule has 1 aromatic heterocycles. The monoisotopic (exact) mass is 390 g/mol. The molecule has 0 unspecified atom stereocenters. The van der Waals surface area contributed by atoms with Crippen molar-refractivity contribution in [2.24, 2.45) is 0 Å². The van der Waals surface area contributed by atoms with E-state index < -0.39 is 5.97 Å². The molecule has 0 aliphatic heterocycles. The zero-order valence-electron chi connectivity index (χ0n) is 14.0. The molecule has 0 aliphatic rings. The van der Waals surface area contributed by atoms with E-state index >= 15 is 0 Å². The summed E-state index contributed by atoms with van der Waals surface area (Å²) in [6, 6.07) is 12.6. The second-order valence-corrected chi connectivity index (χ2v) is 6.64. The van der Waals surface area contributed by atoms with E-state index in [0.29, 0.717) is 22.2 Å². The van der Waals surface area contributed by atoms with Gasteiger partial charge in [-0.2, -0.15) is 0 Å². The quantitative estimate of drug-likeness (QED) is 0.660. The highest BCUT2D eigenvalue weighted by Gasteiger charge is 2.17. The van der Waals surface area contributed by atoms with Crippen LogP contribution in [0.5, 0.6) is 0 Å². The first-order chi connectivity index (χ1) is 12.5. The van der Waals surface area contributed by atoms with Crippen LogP contribution in [0.15, 0.2) is 48.7 Å². The van der Waals surface area contributed by atoms with Gasteiger partial charge in [0.15, 0.2) is 6.61 Å². The first kappa shape index (κ1) is 18.3. The minimum absolute atomic E-state index is 0.315. The van der Waals surface area contributed by atoms with Crippen LogP contribution in [-0.2, 0) is 16.1 Å². The molecule has 0 saturated carbocycles. The number of fused-ring (bicyclic) bond motifs is 1. The number of nitrogens with one attached hydrogen (secondary N) is 1. The number of carbonyl (C=O) groups is 2. The zero-order chi connectivity index (χ0) is 18.7. The fraction of sp³-hybridized carbons (Fsp3) is 0.158. The van der Waals surface area contributed by atoms with E-state index in [1.54, 1.807) is 31.4 Å². The summed E-state index contributed by atoms with van der Waals surface area (Å²) >= 11 is 11.9. The number of amides is 1. The Morgan fingerprint density at radius 2 is 1.88 bits per heavy atom. The average molecular weight is 391 g/mol. The molecule has 0 aliphatic carbocycles. The average Bonchev–Trinajstić information content (AvgIpc) is 3.06. The first-order valence-corrected chi connectivity index (χ1v) is 8.62. The van der Waals surface area contributed by atoms with Crippen LogP contribution in [0, 0.1) is 0 Å². The van der Waals surface area contributed by atoms with Crippen molar-refractivity contribution in [3.63, 3.8) is 0 Å². The lowest BCUT2D eigenvalue weighted by molar-refractivity contribution is -0.133. The molecule has 5 nitrogen and oxygen atoms in total. The summed E-state index contributed by atoms with van der Waals surface area (Å²) in [5.41, 5.74) is 2.07. The van der Waals surface area contributed by atoms with Gasteiger partial charge in [0.1, 0.15) is 0 Å². The normalized spacial score (nSPS) is 10.7. The molecule has 2 aromatic carbocycles. The van der Waals surface area contributed by atoms with E-state index in [4.69, 9.17) is 27.9 Å². The number of hydrogen-bond acceptors (Lipinski definition) is 3. The summed E-state index contributed by atoms with van der Waals surface area (Å²) in [4.78, 5) is 28.9. The van der Waals surface area contributed by atoms with E-state index in [1.165, 1.54) is 4.90 Å². The van der Waals surface area contributed by atoms with Gasteiger partial charge in [0.2, 0.25) is 0 Å². The van der Waals surface area contributed by atoms with E-state index in [2.05, 4.69) is 4.98 Å². The SMILES string of the molecule is CN(Cc1ccc(Cl)c(Cl)c1)C(=O)COC(=O)c1c[nH]c2ccccc12. The fourth-order valence-electron chi connectivity index (χ4n) is 2.56. The molecular formula is C19H16Cl2N2O3. The lowest BCUT2D eigenvalue weighted by Crippen LogP contribution is -2.30. The number of aromatic amines is 1. The Labute approximate surface area is 160 Å². The maximum absolute atomic E-state index is 12.2. The molecule has 1 heterocycles. The Kier molecular flexibility index (Phi) is 5.49. The molecule has 0 radical (unpaired) electrons. The van der Waals surface area contributed by atoms with Crippen molar-refractivity contribution in [2.45, 2.75) is 6.54 Å².